The highest BCUT2D eigenvalue weighted by atomic mass is 32.2. The van der Waals surface area contributed by atoms with Crippen LogP contribution in [0.5, 0.6) is 0 Å². The number of aromatic nitrogens is 1. The normalized spacial score (nSPS) is 11.1. The first kappa shape index (κ1) is 17.9. The molecule has 0 atom stereocenters. The van der Waals surface area contributed by atoms with Gasteiger partial charge in [-0.25, -0.2) is 13.4 Å². The van der Waals surface area contributed by atoms with Crippen molar-refractivity contribution in [2.24, 2.45) is 5.73 Å². The number of nitrogens with two attached hydrogens (primary N) is 1. The van der Waals surface area contributed by atoms with E-state index >= 15 is 0 Å². The molecule has 0 bridgehead atoms. The summed E-state index contributed by atoms with van der Waals surface area (Å²) < 4.78 is 24.7. The van der Waals surface area contributed by atoms with E-state index in [4.69, 9.17) is 5.73 Å². The van der Waals surface area contributed by atoms with Crippen molar-refractivity contribution in [1.29, 1.82) is 0 Å². The van der Waals surface area contributed by atoms with E-state index in [1.807, 2.05) is 0 Å². The lowest BCUT2D eigenvalue weighted by atomic mass is 10.1. The average Bonchev–Trinajstić information content (AvgIpc) is 2.79. The lowest BCUT2D eigenvalue weighted by Gasteiger charge is -2.05. The standard InChI is InChI=1S/C14H16N4O4S2/c1-8-12(23-14(16-8)18-24(2,21)22)13(20)17-10-5-3-9(4-6-10)7-11(15)19/h3-6H,7H2,1-2H3,(H2,15,19)(H,16,18)(H,17,20). The first-order valence-corrected chi connectivity index (χ1v) is 9.48. The molecule has 2 amide bonds. The van der Waals surface area contributed by atoms with Gasteiger partial charge in [0.25, 0.3) is 5.91 Å². The van der Waals surface area contributed by atoms with E-state index in [2.05, 4.69) is 15.0 Å². The number of hydrogen-bond donors (Lipinski definition) is 3. The predicted molar refractivity (Wildman–Crippen MR) is 92.6 cm³/mol. The summed E-state index contributed by atoms with van der Waals surface area (Å²) >= 11 is 0.951. The van der Waals surface area contributed by atoms with Crippen molar-refractivity contribution in [3.05, 3.63) is 40.4 Å². The minimum atomic E-state index is -3.45. The highest BCUT2D eigenvalue weighted by molar-refractivity contribution is 7.92. The maximum atomic E-state index is 12.3. The monoisotopic (exact) mass is 368 g/mol. The highest BCUT2D eigenvalue weighted by Gasteiger charge is 2.17. The van der Waals surface area contributed by atoms with Crippen LogP contribution in [-0.4, -0.2) is 31.5 Å². The van der Waals surface area contributed by atoms with Crippen LogP contribution in [0.25, 0.3) is 0 Å². The van der Waals surface area contributed by atoms with Crippen LogP contribution in [0.2, 0.25) is 0 Å². The molecular formula is C14H16N4O4S2. The number of sulfonamides is 1. The van der Waals surface area contributed by atoms with Crippen LogP contribution in [0.15, 0.2) is 24.3 Å². The number of primary amides is 1. The number of anilines is 2. The molecule has 2 rings (SSSR count). The number of nitrogens with zero attached hydrogens (tertiary/aromatic N) is 1. The van der Waals surface area contributed by atoms with Crippen LogP contribution in [0.3, 0.4) is 0 Å². The molecule has 0 aliphatic rings. The predicted octanol–water partition coefficient (Wildman–Crippen LogP) is 1.10. The van der Waals surface area contributed by atoms with E-state index in [9.17, 15) is 18.0 Å². The van der Waals surface area contributed by atoms with E-state index in [0.29, 0.717) is 16.3 Å². The summed E-state index contributed by atoms with van der Waals surface area (Å²) in [5.74, 6) is -0.827. The van der Waals surface area contributed by atoms with Gasteiger partial charge in [-0.15, -0.1) is 0 Å². The average molecular weight is 368 g/mol. The first-order chi connectivity index (χ1) is 11.1. The lowest BCUT2D eigenvalue weighted by Crippen LogP contribution is -2.14. The van der Waals surface area contributed by atoms with E-state index in [1.165, 1.54) is 0 Å². The number of nitrogens with one attached hydrogen (secondary N) is 2. The van der Waals surface area contributed by atoms with Gasteiger partial charge in [-0.3, -0.25) is 14.3 Å². The Hall–Kier alpha value is -2.46. The second-order valence-electron chi connectivity index (χ2n) is 5.10. The fraction of sp³-hybridized carbons (Fsp3) is 0.214. The summed E-state index contributed by atoms with van der Waals surface area (Å²) in [4.78, 5) is 27.5. The van der Waals surface area contributed by atoms with Gasteiger partial charge in [0.2, 0.25) is 15.9 Å². The van der Waals surface area contributed by atoms with Crippen LogP contribution in [-0.2, 0) is 21.2 Å². The number of benzene rings is 1. The molecule has 4 N–H and O–H groups in total. The zero-order chi connectivity index (χ0) is 17.9. The van der Waals surface area contributed by atoms with Gasteiger partial charge in [-0.05, 0) is 24.6 Å². The molecule has 0 aliphatic carbocycles. The van der Waals surface area contributed by atoms with Gasteiger partial charge in [0.05, 0.1) is 18.4 Å². The molecule has 0 spiro atoms. The summed E-state index contributed by atoms with van der Waals surface area (Å²) in [6, 6.07) is 6.69. The maximum absolute atomic E-state index is 12.3. The highest BCUT2D eigenvalue weighted by Crippen LogP contribution is 2.24. The molecule has 2 aromatic rings. The van der Waals surface area contributed by atoms with Gasteiger partial charge < -0.3 is 11.1 Å². The number of hydrogen-bond acceptors (Lipinski definition) is 6. The number of rotatable bonds is 6. The zero-order valence-electron chi connectivity index (χ0n) is 13.0. The molecule has 0 fully saturated rings. The quantitative estimate of drug-likeness (QED) is 0.703. The minimum Gasteiger partial charge on any atom is -0.369 e. The molecule has 0 radical (unpaired) electrons. The first-order valence-electron chi connectivity index (χ1n) is 6.78. The Morgan fingerprint density at radius 3 is 2.42 bits per heavy atom. The summed E-state index contributed by atoms with van der Waals surface area (Å²) in [6.45, 7) is 1.62. The number of carbonyl (C=O) groups is 2. The van der Waals surface area contributed by atoms with E-state index in [0.717, 1.165) is 23.2 Å². The Kier molecular flexibility index (Phi) is 5.20. The van der Waals surface area contributed by atoms with Gasteiger partial charge >= 0.3 is 0 Å². The third-order valence-corrected chi connectivity index (χ3v) is 4.63. The van der Waals surface area contributed by atoms with Crippen molar-refractivity contribution >= 4 is 44.0 Å². The topological polar surface area (TPSA) is 131 Å². The Morgan fingerprint density at radius 2 is 1.88 bits per heavy atom. The smallest absolute Gasteiger partial charge is 0.267 e. The molecule has 24 heavy (non-hydrogen) atoms. The number of aryl methyl sites for hydroxylation is 1. The summed E-state index contributed by atoms with van der Waals surface area (Å²) in [7, 11) is -3.45. The van der Waals surface area contributed by atoms with Crippen LogP contribution in [0.1, 0.15) is 20.9 Å². The van der Waals surface area contributed by atoms with Crippen molar-refractivity contribution in [3.63, 3.8) is 0 Å². The molecule has 0 saturated carbocycles. The van der Waals surface area contributed by atoms with Crippen LogP contribution in [0.4, 0.5) is 10.8 Å². The molecule has 10 heteroatoms. The van der Waals surface area contributed by atoms with Crippen molar-refractivity contribution in [2.75, 3.05) is 16.3 Å². The van der Waals surface area contributed by atoms with Crippen molar-refractivity contribution in [1.82, 2.24) is 4.98 Å². The van der Waals surface area contributed by atoms with Crippen molar-refractivity contribution < 1.29 is 18.0 Å². The molecule has 1 heterocycles. The Bertz CT molecular complexity index is 873. The van der Waals surface area contributed by atoms with E-state index in [-0.39, 0.29) is 11.6 Å². The number of amides is 2. The zero-order valence-corrected chi connectivity index (χ0v) is 14.6. The minimum absolute atomic E-state index is 0.128. The van der Waals surface area contributed by atoms with Gasteiger partial charge in [0.1, 0.15) is 4.88 Å². The van der Waals surface area contributed by atoms with Crippen LogP contribution >= 0.6 is 11.3 Å². The van der Waals surface area contributed by atoms with Gasteiger partial charge in [-0.2, -0.15) is 0 Å². The fourth-order valence-electron chi connectivity index (χ4n) is 1.90. The maximum Gasteiger partial charge on any atom is 0.267 e. The SMILES string of the molecule is Cc1nc(NS(C)(=O)=O)sc1C(=O)Nc1ccc(CC(N)=O)cc1. The van der Waals surface area contributed by atoms with Gasteiger partial charge in [0, 0.05) is 5.69 Å². The molecule has 0 saturated heterocycles. The number of carbonyl (C=O) groups excluding carboxylic acids is 2. The second-order valence-corrected chi connectivity index (χ2v) is 7.85. The Labute approximate surface area is 143 Å². The summed E-state index contributed by atoms with van der Waals surface area (Å²) in [5, 5.41) is 2.83. The Morgan fingerprint density at radius 1 is 1.25 bits per heavy atom. The van der Waals surface area contributed by atoms with Gasteiger partial charge in [0.15, 0.2) is 5.13 Å². The third kappa shape index (κ3) is 5.03. The largest absolute Gasteiger partial charge is 0.369 e. The van der Waals surface area contributed by atoms with E-state index < -0.39 is 21.8 Å². The van der Waals surface area contributed by atoms with Crippen molar-refractivity contribution in [2.45, 2.75) is 13.3 Å². The summed E-state index contributed by atoms with van der Waals surface area (Å²) in [6.07, 6.45) is 1.14. The molecule has 0 aliphatic heterocycles. The third-order valence-electron chi connectivity index (χ3n) is 2.87. The molecule has 8 nitrogen and oxygen atoms in total. The fourth-order valence-corrected chi connectivity index (χ4v) is 3.60. The van der Waals surface area contributed by atoms with E-state index in [1.54, 1.807) is 31.2 Å². The molecular weight excluding hydrogens is 352 g/mol. The Balaban J connectivity index is 2.11. The van der Waals surface area contributed by atoms with Gasteiger partial charge in [-0.1, -0.05) is 23.5 Å². The lowest BCUT2D eigenvalue weighted by molar-refractivity contribution is -0.117. The number of thiazole rings is 1. The second kappa shape index (κ2) is 6.97. The molecule has 1 aromatic heterocycles. The van der Waals surface area contributed by atoms with Crippen LogP contribution < -0.4 is 15.8 Å². The van der Waals surface area contributed by atoms with Crippen LogP contribution in [0, 0.1) is 6.92 Å². The molecule has 0 unspecified atom stereocenters. The summed E-state index contributed by atoms with van der Waals surface area (Å²) in [5.41, 5.74) is 6.83. The molecule has 1 aromatic carbocycles. The van der Waals surface area contributed by atoms with Crippen molar-refractivity contribution in [3.8, 4) is 0 Å². The molecule has 128 valence electrons.